The van der Waals surface area contributed by atoms with Crippen LogP contribution in [0.4, 0.5) is 11.4 Å². The zero-order valence-electron chi connectivity index (χ0n) is 10.4. The average Bonchev–Trinajstić information content (AvgIpc) is 2.39. The summed E-state index contributed by atoms with van der Waals surface area (Å²) in [6.45, 7) is 0.235. The van der Waals surface area contributed by atoms with Crippen molar-refractivity contribution in [2.75, 3.05) is 11.9 Å². The third kappa shape index (κ3) is 3.24. The summed E-state index contributed by atoms with van der Waals surface area (Å²) in [7, 11) is 0. The highest BCUT2D eigenvalue weighted by Gasteiger charge is 2.26. The molecule has 0 saturated carbocycles. The molecule has 0 bridgehead atoms. The number of amides is 2. The zero-order valence-corrected chi connectivity index (χ0v) is 11.1. The van der Waals surface area contributed by atoms with E-state index >= 15 is 0 Å². The summed E-state index contributed by atoms with van der Waals surface area (Å²) in [5, 5.41) is 16.3. The molecule has 2 N–H and O–H groups in total. The first kappa shape index (κ1) is 14.3. The van der Waals surface area contributed by atoms with Gasteiger partial charge in [0.15, 0.2) is 0 Å². The van der Waals surface area contributed by atoms with Crippen molar-refractivity contribution in [2.24, 2.45) is 5.92 Å². The minimum Gasteiger partial charge on any atom is -0.355 e. The molecule has 0 aromatic heterocycles. The van der Waals surface area contributed by atoms with Crippen LogP contribution in [-0.4, -0.2) is 23.3 Å². The van der Waals surface area contributed by atoms with Gasteiger partial charge in [-0.15, -0.1) is 0 Å². The number of anilines is 1. The summed E-state index contributed by atoms with van der Waals surface area (Å²) in [5.74, 6) is -0.857. The second-order valence-corrected chi connectivity index (χ2v) is 4.88. The second-order valence-electron chi connectivity index (χ2n) is 4.45. The molecule has 1 heterocycles. The molecule has 1 saturated heterocycles. The van der Waals surface area contributed by atoms with Crippen LogP contribution in [0.3, 0.4) is 0 Å². The third-order valence-electron chi connectivity index (χ3n) is 3.05. The van der Waals surface area contributed by atoms with Crippen LogP contribution in [0.5, 0.6) is 0 Å². The van der Waals surface area contributed by atoms with Crippen LogP contribution in [0.1, 0.15) is 12.8 Å². The molecule has 1 aliphatic rings. The van der Waals surface area contributed by atoms with E-state index in [0.717, 1.165) is 0 Å². The van der Waals surface area contributed by atoms with Gasteiger partial charge in [-0.2, -0.15) is 0 Å². The van der Waals surface area contributed by atoms with E-state index in [4.69, 9.17) is 11.6 Å². The molecule has 0 radical (unpaired) electrons. The predicted molar refractivity (Wildman–Crippen MR) is 72.5 cm³/mol. The van der Waals surface area contributed by atoms with E-state index in [2.05, 4.69) is 10.6 Å². The molecule has 7 nitrogen and oxygen atoms in total. The number of nitro groups is 1. The summed E-state index contributed by atoms with van der Waals surface area (Å²) < 4.78 is 0. The molecule has 0 aliphatic carbocycles. The Morgan fingerprint density at radius 2 is 2.25 bits per heavy atom. The largest absolute Gasteiger partial charge is 0.355 e. The maximum atomic E-state index is 12.0. The fourth-order valence-electron chi connectivity index (χ4n) is 1.96. The predicted octanol–water partition coefficient (Wildman–Crippen LogP) is 1.71. The molecular weight excluding hydrogens is 286 g/mol. The summed E-state index contributed by atoms with van der Waals surface area (Å²) in [4.78, 5) is 33.4. The van der Waals surface area contributed by atoms with E-state index in [0.29, 0.717) is 11.4 Å². The van der Waals surface area contributed by atoms with Crippen LogP contribution in [0, 0.1) is 16.0 Å². The number of nitro benzene ring substituents is 1. The van der Waals surface area contributed by atoms with Gasteiger partial charge in [-0.1, -0.05) is 11.6 Å². The summed E-state index contributed by atoms with van der Waals surface area (Å²) in [5.41, 5.74) is -0.160. The number of nitrogens with one attached hydrogen (secondary N) is 2. The normalized spacial score (nSPS) is 18.2. The Balaban J connectivity index is 2.13. The van der Waals surface area contributed by atoms with Crippen molar-refractivity contribution in [3.05, 3.63) is 33.3 Å². The number of hydrogen-bond acceptors (Lipinski definition) is 4. The molecule has 1 fully saturated rings. The number of halogens is 1. The fraction of sp³-hybridized carbons (Fsp3) is 0.333. The fourth-order valence-corrected chi connectivity index (χ4v) is 2.13. The first-order valence-electron chi connectivity index (χ1n) is 5.99. The van der Waals surface area contributed by atoms with Crippen molar-refractivity contribution in [1.29, 1.82) is 0 Å². The van der Waals surface area contributed by atoms with Crippen LogP contribution < -0.4 is 10.6 Å². The van der Waals surface area contributed by atoms with E-state index in [-0.39, 0.29) is 36.2 Å². The van der Waals surface area contributed by atoms with Gasteiger partial charge in [0.25, 0.3) is 5.69 Å². The highest BCUT2D eigenvalue weighted by molar-refractivity contribution is 6.31. The Morgan fingerprint density at radius 3 is 2.85 bits per heavy atom. The average molecular weight is 298 g/mol. The Hall–Kier alpha value is -2.15. The summed E-state index contributed by atoms with van der Waals surface area (Å²) in [6, 6.07) is 3.95. The number of carbonyl (C=O) groups excluding carboxylic acids is 2. The van der Waals surface area contributed by atoms with Gasteiger partial charge >= 0.3 is 0 Å². The maximum absolute atomic E-state index is 12.0. The van der Waals surface area contributed by atoms with Crippen LogP contribution in [0.15, 0.2) is 18.2 Å². The van der Waals surface area contributed by atoms with Crippen LogP contribution in [-0.2, 0) is 9.59 Å². The van der Waals surface area contributed by atoms with Crippen molar-refractivity contribution in [2.45, 2.75) is 12.8 Å². The van der Waals surface area contributed by atoms with E-state index in [9.17, 15) is 19.7 Å². The topological polar surface area (TPSA) is 101 Å². The van der Waals surface area contributed by atoms with Crippen molar-refractivity contribution in [3.63, 3.8) is 0 Å². The van der Waals surface area contributed by atoms with E-state index in [1.54, 1.807) is 0 Å². The first-order chi connectivity index (χ1) is 9.47. The Morgan fingerprint density at radius 1 is 1.50 bits per heavy atom. The summed E-state index contributed by atoms with van der Waals surface area (Å²) in [6.07, 6.45) is 0.696. The molecule has 106 valence electrons. The number of nitrogens with zero attached hydrogens (tertiary/aromatic N) is 1. The quantitative estimate of drug-likeness (QED) is 0.655. The van der Waals surface area contributed by atoms with Gasteiger partial charge in [0.05, 0.1) is 10.8 Å². The minimum absolute atomic E-state index is 0.0596. The molecule has 1 aromatic rings. The number of hydrogen-bond donors (Lipinski definition) is 2. The molecule has 2 amide bonds. The van der Waals surface area contributed by atoms with E-state index in [1.807, 2.05) is 0 Å². The van der Waals surface area contributed by atoms with Gasteiger partial charge in [0.1, 0.15) is 5.69 Å². The zero-order chi connectivity index (χ0) is 14.7. The van der Waals surface area contributed by atoms with Crippen molar-refractivity contribution in [3.8, 4) is 0 Å². The summed E-state index contributed by atoms with van der Waals surface area (Å²) >= 11 is 5.78. The SMILES string of the molecule is O=C1CCC(C(=O)Nc2cc(Cl)ccc2[N+](=O)[O-])CN1. The number of piperidine rings is 1. The van der Waals surface area contributed by atoms with Gasteiger partial charge in [-0.3, -0.25) is 19.7 Å². The molecule has 1 unspecified atom stereocenters. The number of carbonyl (C=O) groups is 2. The second kappa shape index (κ2) is 5.87. The van der Waals surface area contributed by atoms with Crippen molar-refractivity contribution in [1.82, 2.24) is 5.32 Å². The third-order valence-corrected chi connectivity index (χ3v) is 3.28. The van der Waals surface area contributed by atoms with E-state index in [1.165, 1.54) is 18.2 Å². The Kier molecular flexibility index (Phi) is 4.19. The Bertz CT molecular complexity index is 566. The lowest BCUT2D eigenvalue weighted by molar-refractivity contribution is -0.383. The highest BCUT2D eigenvalue weighted by Crippen LogP contribution is 2.28. The minimum atomic E-state index is -0.589. The monoisotopic (exact) mass is 297 g/mol. The number of benzene rings is 1. The number of rotatable bonds is 3. The van der Waals surface area contributed by atoms with Crippen LogP contribution in [0.2, 0.25) is 5.02 Å². The molecule has 1 atom stereocenters. The Labute approximate surface area is 119 Å². The van der Waals surface area contributed by atoms with Crippen LogP contribution in [0.25, 0.3) is 0 Å². The van der Waals surface area contributed by atoms with Gasteiger partial charge < -0.3 is 10.6 Å². The highest BCUT2D eigenvalue weighted by atomic mass is 35.5. The smallest absolute Gasteiger partial charge is 0.292 e. The van der Waals surface area contributed by atoms with Gasteiger partial charge in [0, 0.05) is 24.1 Å². The van der Waals surface area contributed by atoms with Gasteiger partial charge in [0.2, 0.25) is 11.8 Å². The lowest BCUT2D eigenvalue weighted by atomic mass is 9.98. The molecule has 1 aromatic carbocycles. The molecule has 20 heavy (non-hydrogen) atoms. The molecule has 2 rings (SSSR count). The maximum Gasteiger partial charge on any atom is 0.292 e. The van der Waals surface area contributed by atoms with E-state index < -0.39 is 10.8 Å². The molecule has 8 heteroatoms. The van der Waals surface area contributed by atoms with Gasteiger partial charge in [-0.25, -0.2) is 0 Å². The van der Waals surface area contributed by atoms with Crippen molar-refractivity contribution < 1.29 is 14.5 Å². The lowest BCUT2D eigenvalue weighted by Crippen LogP contribution is -2.40. The van der Waals surface area contributed by atoms with Crippen LogP contribution >= 0.6 is 11.6 Å². The van der Waals surface area contributed by atoms with Gasteiger partial charge in [-0.05, 0) is 18.6 Å². The molecule has 0 spiro atoms. The molecule has 1 aliphatic heterocycles. The first-order valence-corrected chi connectivity index (χ1v) is 6.36. The lowest BCUT2D eigenvalue weighted by Gasteiger charge is -2.21. The van der Waals surface area contributed by atoms with Crippen molar-refractivity contribution >= 4 is 34.8 Å². The standard InChI is InChI=1S/C12H12ClN3O4/c13-8-2-3-10(16(19)20)9(5-8)15-12(18)7-1-4-11(17)14-6-7/h2-3,5,7H,1,4,6H2,(H,14,17)(H,15,18). The molecular formula is C12H12ClN3O4.